The van der Waals surface area contributed by atoms with E-state index in [0.717, 1.165) is 56.7 Å². The summed E-state index contributed by atoms with van der Waals surface area (Å²) >= 11 is 0. The highest BCUT2D eigenvalue weighted by Crippen LogP contribution is 2.56. The van der Waals surface area contributed by atoms with Gasteiger partial charge in [-0.25, -0.2) is 0 Å². The van der Waals surface area contributed by atoms with E-state index in [9.17, 15) is 23.1 Å². The second kappa shape index (κ2) is 10.7. The first kappa shape index (κ1) is 28.5. The van der Waals surface area contributed by atoms with E-state index in [-0.39, 0.29) is 5.75 Å². The van der Waals surface area contributed by atoms with E-state index in [4.69, 9.17) is 4.74 Å². The van der Waals surface area contributed by atoms with Gasteiger partial charge in [0.25, 0.3) is 5.91 Å². The van der Waals surface area contributed by atoms with Crippen LogP contribution in [0.5, 0.6) is 5.75 Å². The average molecular weight is 560 g/mol. The summed E-state index contributed by atoms with van der Waals surface area (Å²) in [7, 11) is 3.82. The van der Waals surface area contributed by atoms with Gasteiger partial charge < -0.3 is 19.1 Å². The summed E-state index contributed by atoms with van der Waals surface area (Å²) in [5, 5.41) is 13.4. The molecule has 216 valence electrons. The van der Waals surface area contributed by atoms with Gasteiger partial charge in [0.05, 0.1) is 13.6 Å². The molecule has 2 saturated carbocycles. The second-order valence-electron chi connectivity index (χ2n) is 12.0. The maximum Gasteiger partial charge on any atom is 0.573 e. The van der Waals surface area contributed by atoms with E-state index in [1.165, 1.54) is 0 Å². The third kappa shape index (κ3) is 5.72. The van der Waals surface area contributed by atoms with E-state index >= 15 is 0 Å². The standard InChI is InChI=1S/C31H37F3N2O4/c1-36(20-23-13-14-23)21-30(39-2)16-7-6-15-29(30,24-11-8-12-25(37)18-24)19-27(36)35-28(38)26(40-31(32,33)34)17-22-9-4-3-5-10-22/h3-5,8-12,17-18,23,27H,6-7,13-16,19-21H2,1-2H3,(H-,35,37,38)/p+1/t27-,29?,30?,36+/m0/s1. The fourth-order valence-electron chi connectivity index (χ4n) is 7.24. The molecule has 40 heavy (non-hydrogen) atoms. The maximum atomic E-state index is 13.6. The Morgan fingerprint density at radius 2 is 1.85 bits per heavy atom. The number of hydrogen-bond acceptors (Lipinski definition) is 4. The van der Waals surface area contributed by atoms with Crippen molar-refractivity contribution in [2.75, 3.05) is 27.2 Å². The molecular weight excluding hydrogens is 521 g/mol. The lowest BCUT2D eigenvalue weighted by atomic mass is 9.55. The van der Waals surface area contributed by atoms with Crippen LogP contribution in [0.1, 0.15) is 56.1 Å². The summed E-state index contributed by atoms with van der Waals surface area (Å²) in [6, 6.07) is 15.5. The van der Waals surface area contributed by atoms with Crippen molar-refractivity contribution in [3.05, 3.63) is 71.5 Å². The topological polar surface area (TPSA) is 67.8 Å². The molecule has 2 aromatic rings. The molecule has 2 N–H and O–H groups in total. The Labute approximate surface area is 233 Å². The zero-order valence-corrected chi connectivity index (χ0v) is 23.0. The predicted octanol–water partition coefficient (Wildman–Crippen LogP) is 5.87. The molecule has 1 saturated heterocycles. The number of halogens is 3. The average Bonchev–Trinajstić information content (AvgIpc) is 3.72. The van der Waals surface area contributed by atoms with Crippen LogP contribution in [0.25, 0.3) is 6.08 Å². The number of nitrogens with one attached hydrogen (secondary N) is 1. The summed E-state index contributed by atoms with van der Waals surface area (Å²) in [6.07, 6.45) is 1.83. The fraction of sp³-hybridized carbons (Fsp3) is 0.516. The second-order valence-corrected chi connectivity index (χ2v) is 12.0. The number of methoxy groups -OCH3 is 1. The first-order chi connectivity index (χ1) is 19.0. The van der Waals surface area contributed by atoms with Crippen molar-refractivity contribution >= 4 is 12.0 Å². The van der Waals surface area contributed by atoms with Gasteiger partial charge in [-0.05, 0) is 55.0 Å². The summed E-state index contributed by atoms with van der Waals surface area (Å²) in [5.74, 6) is -1.05. The van der Waals surface area contributed by atoms with Crippen molar-refractivity contribution in [2.24, 2.45) is 5.92 Å². The third-order valence-electron chi connectivity index (χ3n) is 9.22. The van der Waals surface area contributed by atoms with Gasteiger partial charge in [-0.3, -0.25) is 10.1 Å². The molecule has 6 nitrogen and oxygen atoms in total. The number of phenolic OH excluding ortho intramolecular Hbond substituents is 1. The monoisotopic (exact) mass is 559 g/mol. The Morgan fingerprint density at radius 3 is 2.50 bits per heavy atom. The summed E-state index contributed by atoms with van der Waals surface area (Å²) < 4.78 is 51.4. The molecule has 0 radical (unpaired) electrons. The quantitative estimate of drug-likeness (QED) is 0.241. The number of likely N-dealkylation sites (tertiary alicyclic amines) is 1. The predicted molar refractivity (Wildman–Crippen MR) is 145 cm³/mol. The molecule has 2 unspecified atom stereocenters. The van der Waals surface area contributed by atoms with Crippen LogP contribution in [-0.4, -0.2) is 60.9 Å². The number of quaternary nitrogens is 1. The van der Waals surface area contributed by atoms with Crippen LogP contribution in [0.15, 0.2) is 60.4 Å². The number of alkyl halides is 3. The first-order valence-corrected chi connectivity index (χ1v) is 14.0. The lowest BCUT2D eigenvalue weighted by molar-refractivity contribution is -0.951. The number of aromatic hydroxyl groups is 1. The zero-order chi connectivity index (χ0) is 28.6. The molecule has 5 rings (SSSR count). The van der Waals surface area contributed by atoms with E-state index in [1.807, 2.05) is 12.1 Å². The minimum atomic E-state index is -5.02. The molecule has 0 bridgehead atoms. The van der Waals surface area contributed by atoms with Gasteiger partial charge in [0.15, 0.2) is 11.9 Å². The number of phenols is 1. The Balaban J connectivity index is 1.55. The number of carbonyl (C=O) groups excluding carboxylic acids is 1. The van der Waals surface area contributed by atoms with Crippen molar-refractivity contribution < 1.29 is 37.0 Å². The van der Waals surface area contributed by atoms with Crippen LogP contribution < -0.4 is 5.32 Å². The van der Waals surface area contributed by atoms with Crippen molar-refractivity contribution in [2.45, 2.75) is 68.5 Å². The van der Waals surface area contributed by atoms with E-state index < -0.39 is 35.2 Å². The fourth-order valence-corrected chi connectivity index (χ4v) is 7.24. The van der Waals surface area contributed by atoms with E-state index in [1.54, 1.807) is 49.6 Å². The summed E-state index contributed by atoms with van der Waals surface area (Å²) in [6.45, 7) is 1.39. The van der Waals surface area contributed by atoms with Crippen LogP contribution in [0, 0.1) is 5.92 Å². The van der Waals surface area contributed by atoms with Crippen LogP contribution in [-0.2, 0) is 19.7 Å². The number of benzene rings is 2. The van der Waals surface area contributed by atoms with Crippen molar-refractivity contribution in [1.29, 1.82) is 0 Å². The number of carbonyl (C=O) groups is 1. The van der Waals surface area contributed by atoms with Gasteiger partial charge in [0.1, 0.15) is 17.9 Å². The molecule has 0 aromatic heterocycles. The maximum absolute atomic E-state index is 13.6. The van der Waals surface area contributed by atoms with Crippen LogP contribution in [0.4, 0.5) is 13.2 Å². The van der Waals surface area contributed by atoms with Crippen molar-refractivity contribution in [1.82, 2.24) is 5.32 Å². The molecule has 1 heterocycles. The number of ether oxygens (including phenoxy) is 2. The molecule has 4 atom stereocenters. The van der Waals surface area contributed by atoms with Crippen molar-refractivity contribution in [3.63, 3.8) is 0 Å². The Kier molecular flexibility index (Phi) is 7.65. The minimum absolute atomic E-state index is 0.149. The molecule has 3 fully saturated rings. The number of amides is 1. The number of hydrogen-bond donors (Lipinski definition) is 2. The SMILES string of the molecule is COC12CCCCC1(c1cccc(O)c1)C[C@@H](NC(=O)C(=Cc1ccccc1)OC(F)(F)F)[N@+](C)(CC1CC1)C2. The smallest absolute Gasteiger partial charge is 0.508 e. The van der Waals surface area contributed by atoms with E-state index in [0.29, 0.717) is 28.9 Å². The Morgan fingerprint density at radius 1 is 1.12 bits per heavy atom. The van der Waals surface area contributed by atoms with Crippen LogP contribution in [0.3, 0.4) is 0 Å². The Hall–Kier alpha value is -3.04. The lowest BCUT2D eigenvalue weighted by Crippen LogP contribution is -2.76. The normalized spacial score (nSPS) is 30.8. The molecule has 3 aliphatic rings. The van der Waals surface area contributed by atoms with Gasteiger partial charge in [-0.1, -0.05) is 55.3 Å². The number of rotatable bonds is 8. The van der Waals surface area contributed by atoms with Crippen LogP contribution in [0.2, 0.25) is 0 Å². The number of fused-ring (bicyclic) bond motifs is 1. The van der Waals surface area contributed by atoms with Crippen LogP contribution >= 0.6 is 0 Å². The van der Waals surface area contributed by atoms with Crippen molar-refractivity contribution in [3.8, 4) is 5.75 Å². The highest BCUT2D eigenvalue weighted by molar-refractivity contribution is 5.96. The molecular formula is C31H38F3N2O4+. The van der Waals surface area contributed by atoms with Gasteiger partial charge in [0, 0.05) is 24.9 Å². The molecule has 0 spiro atoms. The first-order valence-electron chi connectivity index (χ1n) is 14.0. The van der Waals surface area contributed by atoms with Gasteiger partial charge >= 0.3 is 6.36 Å². The lowest BCUT2D eigenvalue weighted by Gasteiger charge is -2.62. The zero-order valence-electron chi connectivity index (χ0n) is 23.0. The molecule has 1 amide bonds. The largest absolute Gasteiger partial charge is 0.573 e. The molecule has 1 aliphatic heterocycles. The molecule has 2 aliphatic carbocycles. The number of nitrogens with zero attached hydrogens (tertiary/aromatic N) is 1. The van der Waals surface area contributed by atoms with Gasteiger partial charge in [-0.15, -0.1) is 13.2 Å². The summed E-state index contributed by atoms with van der Waals surface area (Å²) in [4.78, 5) is 13.6. The Bertz CT molecular complexity index is 1250. The molecule has 9 heteroatoms. The van der Waals surface area contributed by atoms with E-state index in [2.05, 4.69) is 17.1 Å². The highest BCUT2D eigenvalue weighted by atomic mass is 19.4. The van der Waals surface area contributed by atoms with Gasteiger partial charge in [0.2, 0.25) is 0 Å². The number of likely N-dealkylation sites (N-methyl/N-ethyl adjacent to an activating group) is 1. The highest BCUT2D eigenvalue weighted by Gasteiger charge is 2.65. The number of piperidine rings is 1. The minimum Gasteiger partial charge on any atom is -0.508 e. The third-order valence-corrected chi connectivity index (χ3v) is 9.22. The summed E-state index contributed by atoms with van der Waals surface area (Å²) in [5.41, 5.74) is 0.275. The van der Waals surface area contributed by atoms with Gasteiger partial charge in [-0.2, -0.15) is 0 Å². The molecule has 2 aromatic carbocycles.